The van der Waals surface area contributed by atoms with Crippen LogP contribution < -0.4 is 26.0 Å². The fourth-order valence-corrected chi connectivity index (χ4v) is 2.79. The quantitative estimate of drug-likeness (QED) is 0.462. The molecule has 7 nitrogen and oxygen atoms in total. The molecule has 0 aliphatic rings. The number of nitrogens with one attached hydrogen (secondary N) is 4. The van der Waals surface area contributed by atoms with E-state index in [1.807, 2.05) is 13.8 Å². The van der Waals surface area contributed by atoms with Crippen molar-refractivity contribution in [3.63, 3.8) is 0 Å². The van der Waals surface area contributed by atoms with Crippen molar-refractivity contribution in [3.05, 3.63) is 54.1 Å². The highest BCUT2D eigenvalue weighted by atomic mass is 32.1. The molecule has 0 radical (unpaired) electrons. The molecule has 2 aromatic rings. The fourth-order valence-electron chi connectivity index (χ4n) is 2.35. The summed E-state index contributed by atoms with van der Waals surface area (Å²) in [6.07, 6.45) is 1.37. The van der Waals surface area contributed by atoms with Crippen LogP contribution in [0.1, 0.15) is 44.0 Å². The van der Waals surface area contributed by atoms with Gasteiger partial charge >= 0.3 is 0 Å². The van der Waals surface area contributed by atoms with Crippen LogP contribution >= 0.6 is 24.4 Å². The Labute approximate surface area is 192 Å². The second-order valence-corrected chi connectivity index (χ2v) is 7.52. The Morgan fingerprint density at radius 1 is 0.871 bits per heavy atom. The van der Waals surface area contributed by atoms with Crippen LogP contribution in [0.3, 0.4) is 0 Å². The summed E-state index contributed by atoms with van der Waals surface area (Å²) in [5.74, 6) is 0.242. The summed E-state index contributed by atoms with van der Waals surface area (Å²) in [7, 11) is 0. The fraction of sp³-hybridized carbons (Fsp3) is 0.273. The predicted octanol–water partition coefficient (Wildman–Crippen LogP) is 4.21. The lowest BCUT2D eigenvalue weighted by Crippen LogP contribution is -2.34. The SMILES string of the molecule is CCC(=O)NC(=S)Nc1ccc(NC(=S)NC(=O)c2ccc(OC(C)CC)cc2)cc1. The molecule has 0 bridgehead atoms. The molecule has 0 aliphatic carbocycles. The second-order valence-electron chi connectivity index (χ2n) is 6.70. The number of anilines is 2. The van der Waals surface area contributed by atoms with E-state index < -0.39 is 0 Å². The summed E-state index contributed by atoms with van der Waals surface area (Å²) in [6.45, 7) is 5.79. The number of amides is 2. The van der Waals surface area contributed by atoms with E-state index >= 15 is 0 Å². The molecule has 1 unspecified atom stereocenters. The van der Waals surface area contributed by atoms with Gasteiger partial charge < -0.3 is 20.7 Å². The van der Waals surface area contributed by atoms with Gasteiger partial charge in [0.2, 0.25) is 5.91 Å². The Morgan fingerprint density at radius 3 is 1.87 bits per heavy atom. The molecular weight excluding hydrogens is 432 g/mol. The van der Waals surface area contributed by atoms with Crippen LogP contribution in [0, 0.1) is 0 Å². The van der Waals surface area contributed by atoms with E-state index in [2.05, 4.69) is 21.3 Å². The van der Waals surface area contributed by atoms with E-state index in [0.29, 0.717) is 29.1 Å². The Morgan fingerprint density at radius 2 is 1.39 bits per heavy atom. The highest BCUT2D eigenvalue weighted by molar-refractivity contribution is 7.80. The Kier molecular flexibility index (Phi) is 9.36. The molecule has 0 saturated carbocycles. The van der Waals surface area contributed by atoms with Crippen molar-refractivity contribution in [2.75, 3.05) is 10.6 Å². The summed E-state index contributed by atoms with van der Waals surface area (Å²) in [5, 5.41) is 11.5. The molecule has 0 saturated heterocycles. The van der Waals surface area contributed by atoms with Gasteiger partial charge in [0, 0.05) is 23.4 Å². The normalized spacial score (nSPS) is 11.1. The van der Waals surface area contributed by atoms with Crippen LogP contribution in [-0.4, -0.2) is 28.1 Å². The number of hydrogen-bond donors (Lipinski definition) is 4. The van der Waals surface area contributed by atoms with Crippen molar-refractivity contribution in [1.29, 1.82) is 0 Å². The van der Waals surface area contributed by atoms with Crippen molar-refractivity contribution >= 4 is 57.8 Å². The smallest absolute Gasteiger partial charge is 0.257 e. The summed E-state index contributed by atoms with van der Waals surface area (Å²) in [6, 6.07) is 14.0. The third-order valence-corrected chi connectivity index (χ3v) is 4.64. The molecular formula is C22H26N4O3S2. The van der Waals surface area contributed by atoms with Crippen molar-refractivity contribution < 1.29 is 14.3 Å². The minimum absolute atomic E-state index is 0.115. The van der Waals surface area contributed by atoms with Gasteiger partial charge in [-0.1, -0.05) is 13.8 Å². The maximum atomic E-state index is 12.4. The zero-order valence-electron chi connectivity index (χ0n) is 17.7. The Hall–Kier alpha value is -3.04. The van der Waals surface area contributed by atoms with Gasteiger partial charge in [-0.2, -0.15) is 0 Å². The first-order valence-corrected chi connectivity index (χ1v) is 10.7. The van der Waals surface area contributed by atoms with Gasteiger partial charge in [0.15, 0.2) is 10.2 Å². The number of carbonyl (C=O) groups is 2. The number of thiocarbonyl (C=S) groups is 2. The molecule has 0 aliphatic heterocycles. The van der Waals surface area contributed by atoms with Gasteiger partial charge in [-0.15, -0.1) is 0 Å². The lowest BCUT2D eigenvalue weighted by atomic mass is 10.2. The van der Waals surface area contributed by atoms with Gasteiger partial charge in [-0.25, -0.2) is 0 Å². The first-order chi connectivity index (χ1) is 14.8. The molecule has 0 fully saturated rings. The van der Waals surface area contributed by atoms with Gasteiger partial charge in [0.05, 0.1) is 6.10 Å². The van der Waals surface area contributed by atoms with E-state index in [0.717, 1.165) is 6.42 Å². The number of rotatable bonds is 7. The van der Waals surface area contributed by atoms with E-state index in [-0.39, 0.29) is 28.1 Å². The van der Waals surface area contributed by atoms with Crippen LogP contribution in [0.25, 0.3) is 0 Å². The molecule has 1 atom stereocenters. The lowest BCUT2D eigenvalue weighted by Gasteiger charge is -2.13. The Balaban J connectivity index is 1.85. The topological polar surface area (TPSA) is 91.5 Å². The largest absolute Gasteiger partial charge is 0.491 e. The molecule has 164 valence electrons. The van der Waals surface area contributed by atoms with Crippen molar-refractivity contribution in [1.82, 2.24) is 10.6 Å². The summed E-state index contributed by atoms with van der Waals surface area (Å²) in [4.78, 5) is 23.7. The third kappa shape index (κ3) is 8.31. The molecule has 0 spiro atoms. The Bertz CT molecular complexity index is 931. The minimum atomic E-state index is -0.317. The number of benzene rings is 2. The predicted molar refractivity (Wildman–Crippen MR) is 132 cm³/mol. The molecule has 31 heavy (non-hydrogen) atoms. The molecule has 2 amide bonds. The monoisotopic (exact) mass is 458 g/mol. The maximum Gasteiger partial charge on any atom is 0.257 e. The average molecular weight is 459 g/mol. The summed E-state index contributed by atoms with van der Waals surface area (Å²) in [5.41, 5.74) is 1.88. The molecule has 2 rings (SSSR count). The van der Waals surface area contributed by atoms with E-state index in [1.54, 1.807) is 55.5 Å². The van der Waals surface area contributed by atoms with Gasteiger partial charge in [0.1, 0.15) is 5.75 Å². The van der Waals surface area contributed by atoms with E-state index in [9.17, 15) is 9.59 Å². The van der Waals surface area contributed by atoms with E-state index in [1.165, 1.54) is 0 Å². The number of hydrogen-bond acceptors (Lipinski definition) is 5. The van der Waals surface area contributed by atoms with Gasteiger partial charge in [0.25, 0.3) is 5.91 Å². The van der Waals surface area contributed by atoms with Crippen molar-refractivity contribution in [2.24, 2.45) is 0 Å². The summed E-state index contributed by atoms with van der Waals surface area (Å²) < 4.78 is 5.71. The van der Waals surface area contributed by atoms with Crippen LogP contribution in [0.15, 0.2) is 48.5 Å². The van der Waals surface area contributed by atoms with E-state index in [4.69, 9.17) is 29.2 Å². The van der Waals surface area contributed by atoms with Crippen LogP contribution in [0.4, 0.5) is 11.4 Å². The zero-order chi connectivity index (χ0) is 22.8. The highest BCUT2D eigenvalue weighted by Crippen LogP contribution is 2.16. The lowest BCUT2D eigenvalue weighted by molar-refractivity contribution is -0.119. The molecule has 0 heterocycles. The molecule has 0 aromatic heterocycles. The summed E-state index contributed by atoms with van der Waals surface area (Å²) >= 11 is 10.3. The van der Waals surface area contributed by atoms with Crippen LogP contribution in [0.2, 0.25) is 0 Å². The highest BCUT2D eigenvalue weighted by Gasteiger charge is 2.09. The molecule has 2 aromatic carbocycles. The number of ether oxygens (including phenoxy) is 1. The minimum Gasteiger partial charge on any atom is -0.491 e. The molecule has 9 heteroatoms. The first-order valence-electron chi connectivity index (χ1n) is 9.90. The van der Waals surface area contributed by atoms with Crippen molar-refractivity contribution in [2.45, 2.75) is 39.7 Å². The standard InChI is InChI=1S/C22H26N4O3S2/c1-4-14(3)29-18-12-6-15(7-13-18)20(28)26-22(31)24-17-10-8-16(9-11-17)23-21(30)25-19(27)5-2/h6-14H,4-5H2,1-3H3,(H2,23,25,27,30)(H2,24,26,28,31). The van der Waals surface area contributed by atoms with Crippen LogP contribution in [-0.2, 0) is 4.79 Å². The molecule has 4 N–H and O–H groups in total. The van der Waals surface area contributed by atoms with Gasteiger partial charge in [-0.3, -0.25) is 14.9 Å². The maximum absolute atomic E-state index is 12.4. The first kappa shape index (κ1) is 24.2. The van der Waals surface area contributed by atoms with Gasteiger partial charge in [-0.05, 0) is 86.3 Å². The average Bonchev–Trinajstić information content (AvgIpc) is 2.75. The third-order valence-electron chi connectivity index (χ3n) is 4.23. The van der Waals surface area contributed by atoms with Crippen molar-refractivity contribution in [3.8, 4) is 5.75 Å². The zero-order valence-corrected chi connectivity index (χ0v) is 19.3. The van der Waals surface area contributed by atoms with Crippen LogP contribution in [0.5, 0.6) is 5.75 Å². The number of carbonyl (C=O) groups excluding carboxylic acids is 2. The second kappa shape index (κ2) is 12.0.